The number of rotatable bonds is 4. The quantitative estimate of drug-likeness (QED) is 0.924. The van der Waals surface area contributed by atoms with Crippen LogP contribution in [0.25, 0.3) is 0 Å². The Morgan fingerprint density at radius 3 is 2.33 bits per heavy atom. The Kier molecular flexibility index (Phi) is 5.37. The highest BCUT2D eigenvalue weighted by Crippen LogP contribution is 2.10. The molecule has 2 rings (SSSR count). The normalized spacial score (nSPS) is 16.4. The highest BCUT2D eigenvalue weighted by Gasteiger charge is 2.23. The lowest BCUT2D eigenvalue weighted by atomic mass is 10.1. The molecule has 1 aliphatic rings. The van der Waals surface area contributed by atoms with Gasteiger partial charge in [0.25, 0.3) is 5.91 Å². The second kappa shape index (κ2) is 7.25. The van der Waals surface area contributed by atoms with Crippen LogP contribution >= 0.6 is 0 Å². The van der Waals surface area contributed by atoms with Gasteiger partial charge in [-0.05, 0) is 50.3 Å². The van der Waals surface area contributed by atoms with E-state index in [1.54, 1.807) is 6.92 Å². The fraction of sp³-hybridized carbons (Fsp3) is 0.529. The lowest BCUT2D eigenvalue weighted by molar-refractivity contribution is -0.133. The number of nitrogens with zero attached hydrogens (tertiary/aromatic N) is 1. The van der Waals surface area contributed by atoms with Crippen LogP contribution in [0.4, 0.5) is 0 Å². The van der Waals surface area contributed by atoms with E-state index in [1.807, 2.05) is 29.2 Å². The van der Waals surface area contributed by atoms with Gasteiger partial charge in [-0.25, -0.2) is 0 Å². The molecule has 0 aliphatic carbocycles. The van der Waals surface area contributed by atoms with Crippen molar-refractivity contribution < 1.29 is 9.59 Å². The van der Waals surface area contributed by atoms with Crippen molar-refractivity contribution in [3.63, 3.8) is 0 Å². The Labute approximate surface area is 126 Å². The van der Waals surface area contributed by atoms with Gasteiger partial charge in [0, 0.05) is 18.7 Å². The largest absolute Gasteiger partial charge is 0.341 e. The summed E-state index contributed by atoms with van der Waals surface area (Å²) >= 11 is 0. The Balaban J connectivity index is 1.92. The summed E-state index contributed by atoms with van der Waals surface area (Å²) in [5.41, 5.74) is 1.80. The van der Waals surface area contributed by atoms with Gasteiger partial charge in [-0.2, -0.15) is 0 Å². The van der Waals surface area contributed by atoms with Gasteiger partial charge in [0.15, 0.2) is 0 Å². The molecule has 0 spiro atoms. The monoisotopic (exact) mass is 288 g/mol. The predicted octanol–water partition coefficient (Wildman–Crippen LogP) is 2.38. The first-order valence-corrected chi connectivity index (χ1v) is 7.80. The molecule has 4 heteroatoms. The number of hydrogen-bond donors (Lipinski definition) is 1. The molecule has 2 amide bonds. The molecule has 0 radical (unpaired) electrons. The minimum absolute atomic E-state index is 0.0215. The summed E-state index contributed by atoms with van der Waals surface area (Å²) in [5, 5.41) is 2.80. The van der Waals surface area contributed by atoms with E-state index in [0.29, 0.717) is 5.56 Å². The van der Waals surface area contributed by atoms with Gasteiger partial charge in [0.05, 0.1) is 0 Å². The third-order valence-electron chi connectivity index (χ3n) is 4.01. The maximum Gasteiger partial charge on any atom is 0.251 e. The zero-order chi connectivity index (χ0) is 15.2. The van der Waals surface area contributed by atoms with Gasteiger partial charge >= 0.3 is 0 Å². The average molecular weight is 288 g/mol. The molecule has 0 aromatic heterocycles. The molecular weight excluding hydrogens is 264 g/mol. The number of benzene rings is 1. The molecule has 4 nitrogen and oxygen atoms in total. The summed E-state index contributed by atoms with van der Waals surface area (Å²) in [7, 11) is 0. The first-order chi connectivity index (χ1) is 10.1. The summed E-state index contributed by atoms with van der Waals surface area (Å²) in [6.07, 6.45) is 4.26. The summed E-state index contributed by atoms with van der Waals surface area (Å²) < 4.78 is 0. The Hall–Kier alpha value is -1.84. The molecule has 0 bridgehead atoms. The Morgan fingerprint density at radius 1 is 1.14 bits per heavy atom. The molecule has 1 saturated heterocycles. The first kappa shape index (κ1) is 15.5. The first-order valence-electron chi connectivity index (χ1n) is 7.80. The number of nitrogens with one attached hydrogen (secondary N) is 1. The number of amides is 2. The van der Waals surface area contributed by atoms with Crippen molar-refractivity contribution in [1.82, 2.24) is 10.2 Å². The molecule has 1 unspecified atom stereocenters. The predicted molar refractivity (Wildman–Crippen MR) is 83.2 cm³/mol. The van der Waals surface area contributed by atoms with Crippen molar-refractivity contribution in [2.45, 2.75) is 45.6 Å². The Morgan fingerprint density at radius 2 is 1.76 bits per heavy atom. The van der Waals surface area contributed by atoms with Gasteiger partial charge in [-0.3, -0.25) is 9.59 Å². The average Bonchev–Trinajstić information content (AvgIpc) is 2.55. The van der Waals surface area contributed by atoms with Gasteiger partial charge in [0.2, 0.25) is 5.91 Å². The van der Waals surface area contributed by atoms with E-state index < -0.39 is 6.04 Å². The van der Waals surface area contributed by atoms with Crippen LogP contribution in [0.1, 0.15) is 49.0 Å². The molecule has 1 aromatic carbocycles. The van der Waals surface area contributed by atoms with Crippen LogP contribution in [0.3, 0.4) is 0 Å². The van der Waals surface area contributed by atoms with Crippen LogP contribution in [0, 0.1) is 0 Å². The zero-order valence-corrected chi connectivity index (χ0v) is 12.9. The number of likely N-dealkylation sites (tertiary alicyclic amines) is 1. The second-order valence-electron chi connectivity index (χ2n) is 5.63. The van der Waals surface area contributed by atoms with Crippen molar-refractivity contribution >= 4 is 11.8 Å². The van der Waals surface area contributed by atoms with Crippen LogP contribution in [0.2, 0.25) is 0 Å². The fourth-order valence-electron chi connectivity index (χ4n) is 2.62. The molecule has 0 saturated carbocycles. The summed E-state index contributed by atoms with van der Waals surface area (Å²) in [4.78, 5) is 26.3. The highest BCUT2D eigenvalue weighted by molar-refractivity contribution is 5.97. The molecule has 1 N–H and O–H groups in total. The summed E-state index contributed by atoms with van der Waals surface area (Å²) in [6.45, 7) is 5.46. The van der Waals surface area contributed by atoms with Gasteiger partial charge in [0.1, 0.15) is 6.04 Å². The Bertz CT molecular complexity index is 490. The van der Waals surface area contributed by atoms with Crippen molar-refractivity contribution in [1.29, 1.82) is 0 Å². The molecule has 1 heterocycles. The van der Waals surface area contributed by atoms with E-state index in [9.17, 15) is 9.59 Å². The van der Waals surface area contributed by atoms with Crippen molar-refractivity contribution in [3.8, 4) is 0 Å². The number of hydrogen-bond acceptors (Lipinski definition) is 2. The smallest absolute Gasteiger partial charge is 0.251 e. The molecule has 1 fully saturated rings. The van der Waals surface area contributed by atoms with Crippen LogP contribution in [0.15, 0.2) is 24.3 Å². The fourth-order valence-corrected chi connectivity index (χ4v) is 2.62. The lowest BCUT2D eigenvalue weighted by Crippen LogP contribution is -2.48. The maximum absolute atomic E-state index is 12.3. The highest BCUT2D eigenvalue weighted by atomic mass is 16.2. The number of carbonyl (C=O) groups is 2. The molecule has 21 heavy (non-hydrogen) atoms. The third-order valence-corrected chi connectivity index (χ3v) is 4.01. The minimum atomic E-state index is -0.471. The maximum atomic E-state index is 12.3. The number of carbonyl (C=O) groups excluding carboxylic acids is 2. The van der Waals surface area contributed by atoms with Crippen LogP contribution < -0.4 is 5.32 Å². The summed E-state index contributed by atoms with van der Waals surface area (Å²) in [5.74, 6) is -0.163. The van der Waals surface area contributed by atoms with E-state index in [4.69, 9.17) is 0 Å². The third kappa shape index (κ3) is 4.06. The van der Waals surface area contributed by atoms with Crippen LogP contribution in [-0.4, -0.2) is 35.8 Å². The second-order valence-corrected chi connectivity index (χ2v) is 5.63. The van der Waals surface area contributed by atoms with Crippen LogP contribution in [-0.2, 0) is 11.2 Å². The van der Waals surface area contributed by atoms with Crippen molar-refractivity contribution in [2.75, 3.05) is 13.1 Å². The topological polar surface area (TPSA) is 49.4 Å². The van der Waals surface area contributed by atoms with E-state index >= 15 is 0 Å². The molecule has 114 valence electrons. The molecule has 1 aromatic rings. The molecule has 1 atom stereocenters. The van der Waals surface area contributed by atoms with Gasteiger partial charge in [-0.1, -0.05) is 19.1 Å². The van der Waals surface area contributed by atoms with Crippen LogP contribution in [0.5, 0.6) is 0 Å². The molecular formula is C17H24N2O2. The zero-order valence-electron chi connectivity index (χ0n) is 12.9. The molecule has 1 aliphatic heterocycles. The van der Waals surface area contributed by atoms with Gasteiger partial charge < -0.3 is 10.2 Å². The van der Waals surface area contributed by atoms with E-state index in [1.165, 1.54) is 12.0 Å². The number of aryl methyl sites for hydroxylation is 1. The van der Waals surface area contributed by atoms with E-state index in [0.717, 1.165) is 32.4 Å². The van der Waals surface area contributed by atoms with E-state index in [-0.39, 0.29) is 11.8 Å². The van der Waals surface area contributed by atoms with Crippen molar-refractivity contribution in [2.24, 2.45) is 0 Å². The lowest BCUT2D eigenvalue weighted by Gasteiger charge is -2.29. The van der Waals surface area contributed by atoms with Gasteiger partial charge in [-0.15, -0.1) is 0 Å². The number of piperidine rings is 1. The minimum Gasteiger partial charge on any atom is -0.341 e. The SMILES string of the molecule is CCc1ccc(C(=O)NC(C)C(=O)N2CCCCC2)cc1. The summed E-state index contributed by atoms with van der Waals surface area (Å²) in [6, 6.07) is 7.05. The standard InChI is InChI=1S/C17H24N2O2/c1-3-14-7-9-15(10-8-14)16(20)18-13(2)17(21)19-11-5-4-6-12-19/h7-10,13H,3-6,11-12H2,1-2H3,(H,18,20). The van der Waals surface area contributed by atoms with E-state index in [2.05, 4.69) is 12.2 Å². The van der Waals surface area contributed by atoms with Crippen molar-refractivity contribution in [3.05, 3.63) is 35.4 Å².